The van der Waals surface area contributed by atoms with Crippen molar-refractivity contribution < 1.29 is 14.7 Å². The van der Waals surface area contributed by atoms with Crippen LogP contribution in [-0.2, 0) is 4.79 Å². The quantitative estimate of drug-likeness (QED) is 0.655. The Morgan fingerprint density at radius 3 is 2.20 bits per heavy atom. The van der Waals surface area contributed by atoms with Gasteiger partial charge >= 0.3 is 12.0 Å². The van der Waals surface area contributed by atoms with Crippen LogP contribution in [0.15, 0.2) is 0 Å². The molecule has 1 aliphatic carbocycles. The van der Waals surface area contributed by atoms with Gasteiger partial charge in [-0.05, 0) is 39.3 Å². The van der Waals surface area contributed by atoms with Gasteiger partial charge in [-0.2, -0.15) is 0 Å². The zero-order valence-corrected chi connectivity index (χ0v) is 12.9. The van der Waals surface area contributed by atoms with E-state index >= 15 is 0 Å². The summed E-state index contributed by atoms with van der Waals surface area (Å²) in [5.41, 5.74) is 0.0710. The molecular formula is C14H27N3O3. The molecule has 0 spiro atoms. The second-order valence-electron chi connectivity index (χ2n) is 6.22. The highest BCUT2D eigenvalue weighted by atomic mass is 16.4. The van der Waals surface area contributed by atoms with Crippen molar-refractivity contribution in [2.45, 2.75) is 38.6 Å². The van der Waals surface area contributed by atoms with Crippen molar-refractivity contribution in [3.05, 3.63) is 0 Å². The molecule has 0 aromatic rings. The second kappa shape index (κ2) is 6.92. The molecule has 1 fully saturated rings. The summed E-state index contributed by atoms with van der Waals surface area (Å²) in [5.74, 6) is -1.43. The van der Waals surface area contributed by atoms with Crippen molar-refractivity contribution in [1.82, 2.24) is 15.5 Å². The number of likely N-dealkylation sites (N-methyl/N-ethyl adjacent to an activating group) is 1. The minimum absolute atomic E-state index is 0.00690. The van der Waals surface area contributed by atoms with E-state index in [1.807, 2.05) is 27.9 Å². The van der Waals surface area contributed by atoms with Gasteiger partial charge in [0.25, 0.3) is 0 Å². The summed E-state index contributed by atoms with van der Waals surface area (Å²) in [7, 11) is 4.05. The molecule has 0 aromatic carbocycles. The molecule has 1 saturated carbocycles. The number of carboxylic acid groups (broad SMARTS) is 1. The Morgan fingerprint density at radius 1 is 1.25 bits per heavy atom. The standard InChI is InChI=1S/C14H27N3O3/c1-10(2)11(12(18)19)8-15-13(20)16-9-14(17(3)4)6-5-7-14/h10-11H,5-9H2,1-4H3,(H,18,19)(H2,15,16,20). The minimum Gasteiger partial charge on any atom is -0.481 e. The van der Waals surface area contributed by atoms with Crippen molar-refractivity contribution in [3.63, 3.8) is 0 Å². The lowest BCUT2D eigenvalue weighted by Gasteiger charge is -2.47. The van der Waals surface area contributed by atoms with Crippen molar-refractivity contribution in [2.75, 3.05) is 27.2 Å². The number of aliphatic carboxylic acids is 1. The van der Waals surface area contributed by atoms with E-state index in [4.69, 9.17) is 5.11 Å². The van der Waals surface area contributed by atoms with Gasteiger partial charge in [0.05, 0.1) is 5.92 Å². The molecule has 1 unspecified atom stereocenters. The number of nitrogens with one attached hydrogen (secondary N) is 2. The van der Waals surface area contributed by atoms with Crippen LogP contribution in [0, 0.1) is 11.8 Å². The first-order chi connectivity index (χ1) is 9.28. The average Bonchev–Trinajstić information content (AvgIpc) is 2.26. The third-order valence-electron chi connectivity index (χ3n) is 4.42. The molecule has 6 nitrogen and oxygen atoms in total. The summed E-state index contributed by atoms with van der Waals surface area (Å²) in [6.45, 7) is 4.45. The van der Waals surface area contributed by atoms with Gasteiger partial charge < -0.3 is 20.6 Å². The van der Waals surface area contributed by atoms with Crippen LogP contribution in [0.4, 0.5) is 4.79 Å². The first-order valence-corrected chi connectivity index (χ1v) is 7.20. The Bertz CT molecular complexity index is 352. The van der Waals surface area contributed by atoms with Gasteiger partial charge in [-0.3, -0.25) is 4.79 Å². The third kappa shape index (κ3) is 4.10. The summed E-state index contributed by atoms with van der Waals surface area (Å²) in [4.78, 5) is 25.0. The highest BCUT2D eigenvalue weighted by Crippen LogP contribution is 2.35. The van der Waals surface area contributed by atoms with Crippen molar-refractivity contribution in [3.8, 4) is 0 Å². The van der Waals surface area contributed by atoms with Gasteiger partial charge in [0.15, 0.2) is 0 Å². The number of carboxylic acids is 1. The summed E-state index contributed by atoms with van der Waals surface area (Å²) >= 11 is 0. The van der Waals surface area contributed by atoms with E-state index < -0.39 is 11.9 Å². The second-order valence-corrected chi connectivity index (χ2v) is 6.22. The van der Waals surface area contributed by atoms with Crippen LogP contribution in [0.5, 0.6) is 0 Å². The molecule has 0 aromatic heterocycles. The predicted molar refractivity (Wildman–Crippen MR) is 77.6 cm³/mol. The molecule has 0 aliphatic heterocycles. The number of nitrogens with zero attached hydrogens (tertiary/aromatic N) is 1. The molecule has 0 bridgehead atoms. The van der Waals surface area contributed by atoms with Crippen molar-refractivity contribution in [1.29, 1.82) is 0 Å². The average molecular weight is 285 g/mol. The van der Waals surface area contributed by atoms with E-state index in [9.17, 15) is 9.59 Å². The van der Waals surface area contributed by atoms with Crippen LogP contribution in [0.1, 0.15) is 33.1 Å². The lowest BCUT2D eigenvalue weighted by molar-refractivity contribution is -0.142. The van der Waals surface area contributed by atoms with E-state index in [1.54, 1.807) is 0 Å². The Hall–Kier alpha value is -1.30. The fourth-order valence-electron chi connectivity index (χ4n) is 2.49. The molecular weight excluding hydrogens is 258 g/mol. The predicted octanol–water partition coefficient (Wildman–Crippen LogP) is 1.13. The van der Waals surface area contributed by atoms with E-state index in [0.29, 0.717) is 6.54 Å². The number of hydrogen-bond acceptors (Lipinski definition) is 3. The van der Waals surface area contributed by atoms with Crippen LogP contribution >= 0.6 is 0 Å². The highest BCUT2D eigenvalue weighted by molar-refractivity contribution is 5.76. The van der Waals surface area contributed by atoms with Gasteiger partial charge in [0, 0.05) is 18.6 Å². The summed E-state index contributed by atoms with van der Waals surface area (Å²) in [5, 5.41) is 14.6. The SMILES string of the molecule is CC(C)C(CNC(=O)NCC1(N(C)C)CCC1)C(=O)O. The minimum atomic E-state index is -0.871. The maximum Gasteiger partial charge on any atom is 0.314 e. The zero-order valence-electron chi connectivity index (χ0n) is 12.9. The van der Waals surface area contributed by atoms with E-state index in [-0.39, 0.29) is 24.0 Å². The first-order valence-electron chi connectivity index (χ1n) is 7.20. The third-order valence-corrected chi connectivity index (χ3v) is 4.42. The number of urea groups is 1. The van der Waals surface area contributed by atoms with Gasteiger partial charge in [0.2, 0.25) is 0 Å². The van der Waals surface area contributed by atoms with Crippen LogP contribution in [0.3, 0.4) is 0 Å². The largest absolute Gasteiger partial charge is 0.481 e. The molecule has 0 heterocycles. The molecule has 0 radical (unpaired) electrons. The summed E-state index contributed by atoms with van der Waals surface area (Å²) < 4.78 is 0. The van der Waals surface area contributed by atoms with Crippen molar-refractivity contribution >= 4 is 12.0 Å². The molecule has 6 heteroatoms. The Morgan fingerprint density at radius 2 is 1.85 bits per heavy atom. The highest BCUT2D eigenvalue weighted by Gasteiger charge is 2.39. The first kappa shape index (κ1) is 16.8. The molecule has 0 saturated heterocycles. The van der Waals surface area contributed by atoms with Crippen molar-refractivity contribution in [2.24, 2.45) is 11.8 Å². The zero-order chi connectivity index (χ0) is 15.3. The number of rotatable bonds is 7. The Balaban J connectivity index is 2.35. The van der Waals surface area contributed by atoms with Crippen LogP contribution in [0.2, 0.25) is 0 Å². The lowest BCUT2D eigenvalue weighted by atomic mass is 9.75. The van der Waals surface area contributed by atoms with Gasteiger partial charge in [-0.1, -0.05) is 13.8 Å². The normalized spacial score (nSPS) is 18.5. The monoisotopic (exact) mass is 285 g/mol. The maximum absolute atomic E-state index is 11.8. The number of carbonyl (C=O) groups excluding carboxylic acids is 1. The Labute approximate surface area is 120 Å². The lowest BCUT2D eigenvalue weighted by Crippen LogP contribution is -2.58. The van der Waals surface area contributed by atoms with E-state index in [1.165, 1.54) is 6.42 Å². The molecule has 2 amide bonds. The molecule has 1 rings (SSSR count). The van der Waals surface area contributed by atoms with E-state index in [2.05, 4.69) is 15.5 Å². The topological polar surface area (TPSA) is 81.7 Å². The van der Waals surface area contributed by atoms with Gasteiger partial charge in [-0.25, -0.2) is 4.79 Å². The fourth-order valence-corrected chi connectivity index (χ4v) is 2.49. The maximum atomic E-state index is 11.8. The molecule has 116 valence electrons. The summed E-state index contributed by atoms with van der Waals surface area (Å²) in [6, 6.07) is -0.287. The van der Waals surface area contributed by atoms with Crippen LogP contribution < -0.4 is 10.6 Å². The van der Waals surface area contributed by atoms with E-state index in [0.717, 1.165) is 12.8 Å². The summed E-state index contributed by atoms with van der Waals surface area (Å²) in [6.07, 6.45) is 3.37. The number of hydrogen-bond donors (Lipinski definition) is 3. The van der Waals surface area contributed by atoms with Gasteiger partial charge in [-0.15, -0.1) is 0 Å². The number of carbonyl (C=O) groups is 2. The molecule has 20 heavy (non-hydrogen) atoms. The molecule has 1 aliphatic rings. The van der Waals surface area contributed by atoms with Gasteiger partial charge in [0.1, 0.15) is 0 Å². The van der Waals surface area contributed by atoms with Crippen LogP contribution in [0.25, 0.3) is 0 Å². The molecule has 1 atom stereocenters. The fraction of sp³-hybridized carbons (Fsp3) is 0.857. The Kier molecular flexibility index (Phi) is 5.80. The number of amides is 2. The molecule has 3 N–H and O–H groups in total. The van der Waals surface area contributed by atoms with Crippen LogP contribution in [-0.4, -0.2) is 54.7 Å². The smallest absolute Gasteiger partial charge is 0.314 e.